The number of fused-ring (bicyclic) bond motifs is 1. The van der Waals surface area contributed by atoms with E-state index in [0.717, 1.165) is 33.5 Å². The number of aryl methyl sites for hydroxylation is 1. The van der Waals surface area contributed by atoms with Crippen molar-refractivity contribution in [2.45, 2.75) is 53.7 Å². The Hall–Kier alpha value is -3.93. The van der Waals surface area contributed by atoms with Crippen molar-refractivity contribution in [3.05, 3.63) is 82.7 Å². The molecule has 0 radical (unpaired) electrons. The van der Waals surface area contributed by atoms with Crippen LogP contribution in [0.1, 0.15) is 61.7 Å². The fourth-order valence-electron chi connectivity index (χ4n) is 4.86. The second kappa shape index (κ2) is 10.2. The SMILES string of the molecule is CC1=CC(C)(C)Nc2ccc(-c3ccc(C(=O)C(C)C)cc3OC=O)c(COc3cc(F)ccc3C)c21. The summed E-state index contributed by atoms with van der Waals surface area (Å²) < 4.78 is 25.5. The molecular weight excluding hydrogens is 469 g/mol. The van der Waals surface area contributed by atoms with E-state index in [9.17, 15) is 14.0 Å². The van der Waals surface area contributed by atoms with E-state index in [4.69, 9.17) is 9.47 Å². The van der Waals surface area contributed by atoms with Crippen LogP contribution >= 0.6 is 0 Å². The molecule has 0 saturated carbocycles. The van der Waals surface area contributed by atoms with Gasteiger partial charge in [-0.25, -0.2) is 4.39 Å². The molecule has 6 heteroatoms. The number of ether oxygens (including phenoxy) is 2. The monoisotopic (exact) mass is 501 g/mol. The van der Waals surface area contributed by atoms with Crippen LogP contribution in [0.5, 0.6) is 11.5 Å². The van der Waals surface area contributed by atoms with Crippen molar-refractivity contribution in [3.8, 4) is 22.6 Å². The number of rotatable bonds is 8. The van der Waals surface area contributed by atoms with E-state index in [1.165, 1.54) is 12.1 Å². The Balaban J connectivity index is 1.89. The average molecular weight is 502 g/mol. The normalized spacial score (nSPS) is 13.9. The second-order valence-corrected chi connectivity index (χ2v) is 10.3. The summed E-state index contributed by atoms with van der Waals surface area (Å²) in [6, 6.07) is 13.6. The van der Waals surface area contributed by atoms with E-state index in [2.05, 4.69) is 32.2 Å². The molecule has 0 amide bonds. The number of carbonyl (C=O) groups excluding carboxylic acids is 2. The van der Waals surface area contributed by atoms with Gasteiger partial charge in [0.25, 0.3) is 6.47 Å². The first kappa shape index (κ1) is 26.1. The molecule has 0 fully saturated rings. The molecule has 192 valence electrons. The number of benzene rings is 3. The Bertz CT molecular complexity index is 1400. The maximum atomic E-state index is 14.0. The van der Waals surface area contributed by atoms with Crippen LogP contribution in [0, 0.1) is 18.7 Å². The first-order valence-electron chi connectivity index (χ1n) is 12.3. The van der Waals surface area contributed by atoms with Crippen molar-refractivity contribution >= 4 is 23.5 Å². The van der Waals surface area contributed by atoms with Crippen LogP contribution in [-0.4, -0.2) is 17.8 Å². The Morgan fingerprint density at radius 3 is 2.46 bits per heavy atom. The zero-order valence-electron chi connectivity index (χ0n) is 22.1. The fraction of sp³-hybridized carbons (Fsp3) is 0.290. The summed E-state index contributed by atoms with van der Waals surface area (Å²) in [5.74, 6) is 0.136. The topological polar surface area (TPSA) is 64.6 Å². The zero-order valence-corrected chi connectivity index (χ0v) is 22.1. The summed E-state index contributed by atoms with van der Waals surface area (Å²) in [6.07, 6.45) is 2.16. The smallest absolute Gasteiger partial charge is 0.298 e. The van der Waals surface area contributed by atoms with Crippen molar-refractivity contribution in [3.63, 3.8) is 0 Å². The molecule has 1 aliphatic rings. The van der Waals surface area contributed by atoms with Crippen LogP contribution in [0.4, 0.5) is 10.1 Å². The van der Waals surface area contributed by atoms with Crippen LogP contribution in [0.2, 0.25) is 0 Å². The van der Waals surface area contributed by atoms with Crippen molar-refractivity contribution < 1.29 is 23.5 Å². The largest absolute Gasteiger partial charge is 0.488 e. The molecule has 1 aliphatic heterocycles. The van der Waals surface area contributed by atoms with Gasteiger partial charge in [0, 0.05) is 39.9 Å². The van der Waals surface area contributed by atoms with Crippen molar-refractivity contribution in [1.29, 1.82) is 0 Å². The maximum Gasteiger partial charge on any atom is 0.298 e. The van der Waals surface area contributed by atoms with Gasteiger partial charge in [-0.3, -0.25) is 9.59 Å². The minimum absolute atomic E-state index is 0.0388. The first-order chi connectivity index (χ1) is 17.5. The van der Waals surface area contributed by atoms with Gasteiger partial charge in [0.15, 0.2) is 5.78 Å². The fourth-order valence-corrected chi connectivity index (χ4v) is 4.86. The number of ketones is 1. The summed E-state index contributed by atoms with van der Waals surface area (Å²) in [4.78, 5) is 24.0. The summed E-state index contributed by atoms with van der Waals surface area (Å²) in [5, 5.41) is 3.56. The predicted molar refractivity (Wildman–Crippen MR) is 145 cm³/mol. The highest BCUT2D eigenvalue weighted by Crippen LogP contribution is 2.43. The lowest BCUT2D eigenvalue weighted by Gasteiger charge is -2.33. The number of carbonyl (C=O) groups is 2. The zero-order chi connectivity index (χ0) is 26.9. The minimum atomic E-state index is -0.373. The summed E-state index contributed by atoms with van der Waals surface area (Å²) in [5.41, 5.74) is 6.36. The van der Waals surface area contributed by atoms with Gasteiger partial charge in [-0.05, 0) is 68.7 Å². The van der Waals surface area contributed by atoms with Gasteiger partial charge in [-0.2, -0.15) is 0 Å². The van der Waals surface area contributed by atoms with Crippen LogP contribution in [0.3, 0.4) is 0 Å². The molecule has 0 saturated heterocycles. The van der Waals surface area contributed by atoms with Crippen LogP contribution < -0.4 is 14.8 Å². The maximum absolute atomic E-state index is 14.0. The lowest BCUT2D eigenvalue weighted by Crippen LogP contribution is -2.32. The van der Waals surface area contributed by atoms with Crippen LogP contribution in [0.15, 0.2) is 54.6 Å². The predicted octanol–water partition coefficient (Wildman–Crippen LogP) is 7.36. The molecule has 1 heterocycles. The molecule has 0 aliphatic carbocycles. The highest BCUT2D eigenvalue weighted by Gasteiger charge is 2.27. The summed E-state index contributed by atoms with van der Waals surface area (Å²) >= 11 is 0. The van der Waals surface area contributed by atoms with Gasteiger partial charge in [-0.15, -0.1) is 0 Å². The third-order valence-electron chi connectivity index (χ3n) is 6.52. The molecule has 5 nitrogen and oxygen atoms in total. The minimum Gasteiger partial charge on any atom is -0.488 e. The highest BCUT2D eigenvalue weighted by atomic mass is 19.1. The molecule has 37 heavy (non-hydrogen) atoms. The quantitative estimate of drug-likeness (QED) is 0.258. The van der Waals surface area contributed by atoms with E-state index >= 15 is 0 Å². The third-order valence-corrected chi connectivity index (χ3v) is 6.52. The van der Waals surface area contributed by atoms with Crippen LogP contribution in [0.25, 0.3) is 16.7 Å². The number of hydrogen-bond donors (Lipinski definition) is 1. The van der Waals surface area contributed by atoms with Gasteiger partial charge in [-0.1, -0.05) is 38.1 Å². The number of hydrogen-bond acceptors (Lipinski definition) is 5. The number of anilines is 1. The lowest BCUT2D eigenvalue weighted by atomic mass is 9.85. The number of nitrogens with one attached hydrogen (secondary N) is 1. The number of halogens is 1. The molecule has 4 rings (SSSR count). The van der Waals surface area contributed by atoms with Gasteiger partial charge < -0.3 is 14.8 Å². The van der Waals surface area contributed by atoms with Crippen molar-refractivity contribution in [2.24, 2.45) is 5.92 Å². The van der Waals surface area contributed by atoms with Gasteiger partial charge >= 0.3 is 0 Å². The molecular formula is C31H32FNO4. The Morgan fingerprint density at radius 2 is 1.76 bits per heavy atom. The number of Topliss-reactive ketones (excluding diaryl/α,β-unsaturated/α-hetero) is 1. The molecule has 1 N–H and O–H groups in total. The molecule has 0 aromatic heterocycles. The first-order valence-corrected chi connectivity index (χ1v) is 12.3. The molecule has 0 bridgehead atoms. The molecule has 0 unspecified atom stereocenters. The van der Waals surface area contributed by atoms with E-state index in [1.807, 2.05) is 32.9 Å². The van der Waals surface area contributed by atoms with Gasteiger partial charge in [0.1, 0.15) is 23.9 Å². The Kier molecular flexibility index (Phi) is 7.21. The summed E-state index contributed by atoms with van der Waals surface area (Å²) in [7, 11) is 0. The third kappa shape index (κ3) is 5.43. The van der Waals surface area contributed by atoms with E-state index in [0.29, 0.717) is 23.3 Å². The van der Waals surface area contributed by atoms with Crippen molar-refractivity contribution in [1.82, 2.24) is 0 Å². The number of allylic oxidation sites excluding steroid dienone is 1. The van der Waals surface area contributed by atoms with Gasteiger partial charge in [0.05, 0.1) is 5.54 Å². The van der Waals surface area contributed by atoms with Gasteiger partial charge in [0.2, 0.25) is 0 Å². The Morgan fingerprint density at radius 1 is 1.03 bits per heavy atom. The van der Waals surface area contributed by atoms with E-state index < -0.39 is 0 Å². The summed E-state index contributed by atoms with van der Waals surface area (Å²) in [6.45, 7) is 12.3. The average Bonchev–Trinajstić information content (AvgIpc) is 2.83. The van der Waals surface area contributed by atoms with E-state index in [-0.39, 0.29) is 35.4 Å². The Labute approximate surface area is 217 Å². The molecule has 3 aromatic rings. The molecule has 0 atom stereocenters. The second-order valence-electron chi connectivity index (χ2n) is 10.3. The molecule has 3 aromatic carbocycles. The molecule has 0 spiro atoms. The van der Waals surface area contributed by atoms with Crippen LogP contribution in [-0.2, 0) is 11.4 Å². The van der Waals surface area contributed by atoms with Crippen molar-refractivity contribution in [2.75, 3.05) is 5.32 Å². The standard InChI is InChI=1S/C31H32FNO4/c1-18(2)30(35)21-8-10-24(28(13-21)37-17-34)23-11-12-26-29(20(4)15-31(5,6)33-26)25(23)16-36-27-14-22(32)9-7-19(27)3/h7-15,17-18,33H,16H2,1-6H3. The van der Waals surface area contributed by atoms with E-state index in [1.54, 1.807) is 24.3 Å². The lowest BCUT2D eigenvalue weighted by molar-refractivity contribution is -0.120. The highest BCUT2D eigenvalue weighted by molar-refractivity contribution is 5.99.